The van der Waals surface area contributed by atoms with Crippen molar-refractivity contribution >= 4 is 34.0 Å². The lowest BCUT2D eigenvalue weighted by atomic mass is 9.89. The van der Waals surface area contributed by atoms with Crippen molar-refractivity contribution in [3.63, 3.8) is 0 Å². The van der Waals surface area contributed by atoms with Crippen LogP contribution in [0, 0.1) is 13.8 Å². The fourth-order valence-corrected chi connectivity index (χ4v) is 5.85. The third kappa shape index (κ3) is 3.44. The van der Waals surface area contributed by atoms with Gasteiger partial charge in [-0.25, -0.2) is 4.99 Å². The van der Waals surface area contributed by atoms with Crippen LogP contribution >= 0.6 is 11.3 Å². The SMILES string of the molecule is COc1ccc2ccccc2c1C1C(C(C)=O)=C(C)N=c2s/c(=C\c3cc(C)[nH]c3C)c(=O)n21. The van der Waals surface area contributed by atoms with Crippen molar-refractivity contribution in [3.05, 3.63) is 95.9 Å². The molecule has 0 amide bonds. The Morgan fingerprint density at radius 2 is 1.94 bits per heavy atom. The van der Waals surface area contributed by atoms with Crippen LogP contribution in [-0.4, -0.2) is 22.4 Å². The van der Waals surface area contributed by atoms with Crippen molar-refractivity contribution in [1.29, 1.82) is 0 Å². The average molecular weight is 472 g/mol. The third-order valence-electron chi connectivity index (χ3n) is 6.30. The number of Topliss-reactive ketones (excluding diaryl/α,β-unsaturated/α-hetero) is 1. The Bertz CT molecular complexity index is 1680. The molecule has 1 aliphatic rings. The van der Waals surface area contributed by atoms with Crippen LogP contribution in [0.25, 0.3) is 16.8 Å². The van der Waals surface area contributed by atoms with Crippen molar-refractivity contribution in [3.8, 4) is 5.75 Å². The Hall–Kier alpha value is -3.71. The first kappa shape index (κ1) is 22.1. The first-order valence-corrected chi connectivity index (χ1v) is 11.9. The standard InChI is InChI=1S/C27H25N3O3S/c1-14-12-19(15(2)28-14)13-22-26(32)30-25(23(17(4)31)16(3)29-27(30)34-22)24-20-9-7-6-8-18(20)10-11-21(24)33-5/h6-13,25,28H,1-5H3/b22-13-. The van der Waals surface area contributed by atoms with E-state index in [0.29, 0.717) is 26.4 Å². The van der Waals surface area contributed by atoms with E-state index in [2.05, 4.69) is 9.98 Å². The van der Waals surface area contributed by atoms with Gasteiger partial charge in [0.15, 0.2) is 10.6 Å². The lowest BCUT2D eigenvalue weighted by Gasteiger charge is -2.27. The number of aromatic nitrogens is 2. The number of ketones is 1. The van der Waals surface area contributed by atoms with Gasteiger partial charge in [0.25, 0.3) is 5.56 Å². The van der Waals surface area contributed by atoms with Gasteiger partial charge in [0.05, 0.1) is 17.7 Å². The van der Waals surface area contributed by atoms with Crippen LogP contribution in [0.1, 0.15) is 42.4 Å². The maximum absolute atomic E-state index is 13.8. The molecule has 5 rings (SSSR count). The zero-order chi connectivity index (χ0) is 24.1. The topological polar surface area (TPSA) is 76.4 Å². The van der Waals surface area contributed by atoms with Crippen molar-refractivity contribution in [2.75, 3.05) is 7.11 Å². The lowest BCUT2D eigenvalue weighted by molar-refractivity contribution is -0.114. The second kappa shape index (κ2) is 8.25. The molecule has 0 bridgehead atoms. The number of H-pyrrole nitrogens is 1. The number of nitrogens with one attached hydrogen (secondary N) is 1. The number of aryl methyl sites for hydroxylation is 2. The molecule has 3 heterocycles. The molecule has 1 atom stereocenters. The Morgan fingerprint density at radius 1 is 1.18 bits per heavy atom. The number of carbonyl (C=O) groups excluding carboxylic acids is 1. The minimum absolute atomic E-state index is 0.118. The molecule has 7 heteroatoms. The summed E-state index contributed by atoms with van der Waals surface area (Å²) in [5.74, 6) is 0.511. The second-order valence-electron chi connectivity index (χ2n) is 8.57. The number of thiazole rings is 1. The quantitative estimate of drug-likeness (QED) is 0.490. The minimum Gasteiger partial charge on any atom is -0.496 e. The summed E-state index contributed by atoms with van der Waals surface area (Å²) in [6.07, 6.45) is 1.90. The first-order valence-electron chi connectivity index (χ1n) is 11.1. The van der Waals surface area contributed by atoms with Crippen LogP contribution in [0.4, 0.5) is 0 Å². The molecular weight excluding hydrogens is 446 g/mol. The maximum Gasteiger partial charge on any atom is 0.271 e. The molecule has 1 unspecified atom stereocenters. The highest BCUT2D eigenvalue weighted by atomic mass is 32.1. The molecule has 4 aromatic rings. The van der Waals surface area contributed by atoms with E-state index in [1.807, 2.05) is 69.3 Å². The summed E-state index contributed by atoms with van der Waals surface area (Å²) in [6.45, 7) is 7.33. The van der Waals surface area contributed by atoms with Gasteiger partial charge in [-0.3, -0.25) is 14.2 Å². The predicted molar refractivity (Wildman–Crippen MR) is 135 cm³/mol. The lowest BCUT2D eigenvalue weighted by Crippen LogP contribution is -2.39. The van der Waals surface area contributed by atoms with Gasteiger partial charge >= 0.3 is 0 Å². The van der Waals surface area contributed by atoms with Crippen molar-refractivity contribution in [2.24, 2.45) is 4.99 Å². The number of hydrogen-bond donors (Lipinski definition) is 1. The van der Waals surface area contributed by atoms with Crippen LogP contribution in [-0.2, 0) is 4.79 Å². The highest BCUT2D eigenvalue weighted by molar-refractivity contribution is 7.07. The molecule has 0 spiro atoms. The molecule has 0 radical (unpaired) electrons. The van der Waals surface area contributed by atoms with Gasteiger partial charge in [-0.2, -0.15) is 0 Å². The van der Waals surface area contributed by atoms with Crippen molar-refractivity contribution < 1.29 is 9.53 Å². The van der Waals surface area contributed by atoms with Crippen molar-refractivity contribution in [1.82, 2.24) is 9.55 Å². The van der Waals surface area contributed by atoms with E-state index in [0.717, 1.165) is 33.3 Å². The maximum atomic E-state index is 13.8. The number of benzene rings is 2. The highest BCUT2D eigenvalue weighted by Crippen LogP contribution is 2.40. The number of ether oxygens (including phenoxy) is 1. The van der Waals surface area contributed by atoms with Crippen LogP contribution in [0.5, 0.6) is 5.75 Å². The second-order valence-corrected chi connectivity index (χ2v) is 9.58. The Kier molecular flexibility index (Phi) is 5.37. The van der Waals surface area contributed by atoms with Crippen LogP contribution < -0.4 is 19.6 Å². The number of hydrogen-bond acceptors (Lipinski definition) is 5. The normalized spacial score (nSPS) is 16.0. The molecule has 0 aliphatic carbocycles. The van der Waals surface area contributed by atoms with E-state index in [9.17, 15) is 9.59 Å². The number of allylic oxidation sites excluding steroid dienone is 2. The summed E-state index contributed by atoms with van der Waals surface area (Å²) >= 11 is 1.34. The summed E-state index contributed by atoms with van der Waals surface area (Å²) < 4.78 is 7.98. The predicted octanol–water partition coefficient (Wildman–Crippen LogP) is 3.93. The number of rotatable bonds is 4. The molecule has 172 valence electrons. The Balaban J connectivity index is 1.88. The van der Waals surface area contributed by atoms with E-state index in [1.54, 1.807) is 11.7 Å². The molecule has 2 aromatic heterocycles. The molecule has 6 nitrogen and oxygen atoms in total. The average Bonchev–Trinajstić information content (AvgIpc) is 3.28. The van der Waals surface area contributed by atoms with Gasteiger partial charge in [0.2, 0.25) is 0 Å². The third-order valence-corrected chi connectivity index (χ3v) is 7.28. The van der Waals surface area contributed by atoms with Crippen LogP contribution in [0.3, 0.4) is 0 Å². The summed E-state index contributed by atoms with van der Waals surface area (Å²) in [4.78, 5) is 35.3. The zero-order valence-electron chi connectivity index (χ0n) is 19.7. The van der Waals surface area contributed by atoms with E-state index < -0.39 is 6.04 Å². The monoisotopic (exact) mass is 471 g/mol. The summed E-state index contributed by atoms with van der Waals surface area (Å²) in [5, 5.41) is 1.95. The number of methoxy groups -OCH3 is 1. The molecule has 2 aromatic carbocycles. The Labute approximate surface area is 200 Å². The molecule has 1 aliphatic heterocycles. The Morgan fingerprint density at radius 3 is 2.62 bits per heavy atom. The highest BCUT2D eigenvalue weighted by Gasteiger charge is 2.33. The molecular formula is C27H25N3O3S. The molecule has 0 fully saturated rings. The molecule has 0 saturated heterocycles. The number of nitrogens with zero attached hydrogens (tertiary/aromatic N) is 2. The van der Waals surface area contributed by atoms with Crippen LogP contribution in [0.15, 0.2) is 63.5 Å². The van der Waals surface area contributed by atoms with Gasteiger partial charge in [-0.05, 0) is 62.2 Å². The first-order chi connectivity index (χ1) is 16.3. The van der Waals surface area contributed by atoms with E-state index in [-0.39, 0.29) is 11.3 Å². The number of aromatic amines is 1. The van der Waals surface area contributed by atoms with Gasteiger partial charge in [0, 0.05) is 28.2 Å². The minimum atomic E-state index is -0.633. The van der Waals surface area contributed by atoms with Gasteiger partial charge in [-0.1, -0.05) is 41.7 Å². The summed E-state index contributed by atoms with van der Waals surface area (Å²) in [7, 11) is 1.61. The van der Waals surface area contributed by atoms with Gasteiger partial charge in [-0.15, -0.1) is 0 Å². The zero-order valence-corrected chi connectivity index (χ0v) is 20.5. The molecule has 0 saturated carbocycles. The van der Waals surface area contributed by atoms with E-state index >= 15 is 0 Å². The fraction of sp³-hybridized carbons (Fsp3) is 0.222. The smallest absolute Gasteiger partial charge is 0.271 e. The van der Waals surface area contributed by atoms with E-state index in [4.69, 9.17) is 4.74 Å². The summed E-state index contributed by atoms with van der Waals surface area (Å²) in [6, 6.07) is 13.2. The largest absolute Gasteiger partial charge is 0.496 e. The van der Waals surface area contributed by atoms with E-state index in [1.165, 1.54) is 18.3 Å². The van der Waals surface area contributed by atoms with Crippen LogP contribution in [0.2, 0.25) is 0 Å². The number of fused-ring (bicyclic) bond motifs is 2. The van der Waals surface area contributed by atoms with Gasteiger partial charge < -0.3 is 9.72 Å². The fourth-order valence-electron chi connectivity index (χ4n) is 4.82. The molecule has 34 heavy (non-hydrogen) atoms. The van der Waals surface area contributed by atoms with Gasteiger partial charge in [0.1, 0.15) is 5.75 Å². The summed E-state index contributed by atoms with van der Waals surface area (Å²) in [5.41, 5.74) is 4.73. The number of carbonyl (C=O) groups is 1. The van der Waals surface area contributed by atoms with Crippen molar-refractivity contribution in [2.45, 2.75) is 33.7 Å². The molecule has 1 N–H and O–H groups in total.